The molecule has 1 aromatic carbocycles. The van der Waals surface area contributed by atoms with Crippen molar-refractivity contribution in [1.29, 1.82) is 5.26 Å². The number of piperidine rings is 3. The third kappa shape index (κ3) is 5.20. The standard InChI is InChI=1S/C21H24F3N6O2/c22-21(23,24)32-18-4-2-1-3-15(18)10-27-20-28-11-16(9-25)19(29-20)26-12-17-13-30(31)7-5-14(17)6-8-30/h1-4,11,14,17,31H,5-8,10,12-13H2,(H2,26,27,28,29)/q+1. The minimum Gasteiger partial charge on any atom is -0.405 e. The minimum atomic E-state index is -4.79. The molecule has 8 nitrogen and oxygen atoms in total. The van der Waals surface area contributed by atoms with E-state index >= 15 is 0 Å². The van der Waals surface area contributed by atoms with Crippen LogP contribution in [-0.4, -0.2) is 52.4 Å². The molecule has 170 valence electrons. The van der Waals surface area contributed by atoms with Crippen LogP contribution >= 0.6 is 0 Å². The molecule has 3 saturated heterocycles. The van der Waals surface area contributed by atoms with E-state index in [9.17, 15) is 23.6 Å². The van der Waals surface area contributed by atoms with E-state index in [1.54, 1.807) is 6.07 Å². The zero-order chi connectivity index (χ0) is 22.8. The Balaban J connectivity index is 1.42. The van der Waals surface area contributed by atoms with Crippen molar-refractivity contribution in [2.75, 3.05) is 36.8 Å². The predicted molar refractivity (Wildman–Crippen MR) is 109 cm³/mol. The molecule has 3 N–H and O–H groups in total. The lowest BCUT2D eigenvalue weighted by Crippen LogP contribution is -2.60. The third-order valence-electron chi connectivity index (χ3n) is 6.15. The number of nitriles is 1. The van der Waals surface area contributed by atoms with Gasteiger partial charge in [0.25, 0.3) is 0 Å². The molecule has 2 bridgehead atoms. The van der Waals surface area contributed by atoms with Crippen molar-refractivity contribution in [3.63, 3.8) is 0 Å². The number of quaternary nitrogens is 1. The molecule has 0 radical (unpaired) electrons. The van der Waals surface area contributed by atoms with Crippen LogP contribution in [0, 0.1) is 23.2 Å². The van der Waals surface area contributed by atoms with Crippen molar-refractivity contribution in [3.05, 3.63) is 41.6 Å². The number of hydrogen-bond donors (Lipinski definition) is 3. The van der Waals surface area contributed by atoms with Crippen LogP contribution in [0.15, 0.2) is 30.5 Å². The molecule has 0 amide bonds. The lowest BCUT2D eigenvalue weighted by Gasteiger charge is -2.47. The smallest absolute Gasteiger partial charge is 0.405 e. The number of benzene rings is 1. The molecule has 5 rings (SSSR count). The first-order valence-electron chi connectivity index (χ1n) is 10.4. The maximum Gasteiger partial charge on any atom is 0.573 e. The van der Waals surface area contributed by atoms with E-state index in [0.29, 0.717) is 24.8 Å². The van der Waals surface area contributed by atoms with Gasteiger partial charge in [0, 0.05) is 37.4 Å². The van der Waals surface area contributed by atoms with Crippen molar-refractivity contribution in [2.24, 2.45) is 11.8 Å². The summed E-state index contributed by atoms with van der Waals surface area (Å²) in [6.45, 7) is 2.81. The van der Waals surface area contributed by atoms with Gasteiger partial charge in [-0.2, -0.15) is 14.9 Å². The molecule has 3 aliphatic rings. The zero-order valence-electron chi connectivity index (χ0n) is 17.3. The summed E-state index contributed by atoms with van der Waals surface area (Å²) in [4.78, 5) is 8.42. The Morgan fingerprint density at radius 2 is 1.97 bits per heavy atom. The van der Waals surface area contributed by atoms with Crippen LogP contribution in [0.25, 0.3) is 0 Å². The number of aromatic nitrogens is 2. The second-order valence-electron chi connectivity index (χ2n) is 8.28. The molecule has 0 saturated carbocycles. The van der Waals surface area contributed by atoms with Crippen LogP contribution in [-0.2, 0) is 6.54 Å². The maximum atomic E-state index is 12.6. The Morgan fingerprint density at radius 1 is 1.22 bits per heavy atom. The molecule has 3 aliphatic heterocycles. The van der Waals surface area contributed by atoms with Crippen LogP contribution in [0.4, 0.5) is 24.9 Å². The van der Waals surface area contributed by atoms with Gasteiger partial charge in [0.2, 0.25) is 5.95 Å². The van der Waals surface area contributed by atoms with E-state index in [0.717, 1.165) is 25.9 Å². The fourth-order valence-corrected chi connectivity index (χ4v) is 4.50. The van der Waals surface area contributed by atoms with Gasteiger partial charge in [-0.1, -0.05) is 18.2 Å². The molecular formula is C21H24F3N6O2+. The molecule has 4 heterocycles. The summed E-state index contributed by atoms with van der Waals surface area (Å²) >= 11 is 0. The maximum absolute atomic E-state index is 12.6. The average Bonchev–Trinajstić information content (AvgIpc) is 2.76. The van der Waals surface area contributed by atoms with E-state index in [1.165, 1.54) is 24.4 Å². The Kier molecular flexibility index (Phi) is 6.08. The number of hydroxylamine groups is 3. The second kappa shape index (κ2) is 8.80. The van der Waals surface area contributed by atoms with Gasteiger partial charge in [0.05, 0.1) is 6.20 Å². The Bertz CT molecular complexity index is 1000. The topological polar surface area (TPSA) is 103 Å². The highest BCUT2D eigenvalue weighted by Gasteiger charge is 2.45. The molecule has 0 aliphatic carbocycles. The van der Waals surface area contributed by atoms with Gasteiger partial charge in [-0.25, -0.2) is 10.2 Å². The molecule has 32 heavy (non-hydrogen) atoms. The number of halogens is 3. The number of alkyl halides is 3. The zero-order valence-corrected chi connectivity index (χ0v) is 17.3. The highest BCUT2D eigenvalue weighted by atomic mass is 19.4. The van der Waals surface area contributed by atoms with E-state index in [2.05, 4.69) is 25.3 Å². The quantitative estimate of drug-likeness (QED) is 0.556. The summed E-state index contributed by atoms with van der Waals surface area (Å²) in [7, 11) is 0. The van der Waals surface area contributed by atoms with Gasteiger partial charge in [0.1, 0.15) is 42.8 Å². The average molecular weight is 449 g/mol. The molecule has 1 atom stereocenters. The van der Waals surface area contributed by atoms with Gasteiger partial charge >= 0.3 is 6.36 Å². The molecule has 1 unspecified atom stereocenters. The lowest BCUT2D eigenvalue weighted by atomic mass is 9.78. The summed E-state index contributed by atoms with van der Waals surface area (Å²) < 4.78 is 42.0. The van der Waals surface area contributed by atoms with E-state index < -0.39 is 6.36 Å². The van der Waals surface area contributed by atoms with Crippen LogP contribution in [0.2, 0.25) is 0 Å². The monoisotopic (exact) mass is 449 g/mol. The molecule has 11 heteroatoms. The normalized spacial score (nSPS) is 24.6. The number of para-hydroxylation sites is 1. The SMILES string of the molecule is N#Cc1cnc(NCc2ccccc2OC(F)(F)F)nc1NCC1C[N+]2(O)CCC1CC2. The van der Waals surface area contributed by atoms with Crippen molar-refractivity contribution in [3.8, 4) is 11.8 Å². The first-order valence-corrected chi connectivity index (χ1v) is 10.4. The van der Waals surface area contributed by atoms with Crippen LogP contribution < -0.4 is 15.4 Å². The van der Waals surface area contributed by atoms with Crippen LogP contribution in [0.5, 0.6) is 5.75 Å². The molecular weight excluding hydrogens is 425 g/mol. The van der Waals surface area contributed by atoms with Crippen LogP contribution in [0.1, 0.15) is 24.0 Å². The number of anilines is 2. The second-order valence-corrected chi connectivity index (χ2v) is 8.28. The van der Waals surface area contributed by atoms with Gasteiger partial charge in [0.15, 0.2) is 0 Å². The third-order valence-corrected chi connectivity index (χ3v) is 6.15. The largest absolute Gasteiger partial charge is 0.573 e. The summed E-state index contributed by atoms with van der Waals surface area (Å²) in [5.74, 6) is 1.03. The Morgan fingerprint density at radius 3 is 2.66 bits per heavy atom. The molecule has 0 spiro atoms. The number of rotatable bonds is 7. The predicted octanol–water partition coefficient (Wildman–Crippen LogP) is 3.52. The fourth-order valence-electron chi connectivity index (χ4n) is 4.50. The number of fused-ring (bicyclic) bond motifs is 3. The van der Waals surface area contributed by atoms with Gasteiger partial charge in [-0.15, -0.1) is 13.2 Å². The summed E-state index contributed by atoms with van der Waals surface area (Å²) in [5, 5.41) is 26.0. The molecule has 1 aromatic heterocycles. The Labute approximate surface area is 183 Å². The van der Waals surface area contributed by atoms with Gasteiger partial charge in [-0.05, 0) is 12.0 Å². The Hall–Kier alpha value is -3.10. The minimum absolute atomic E-state index is 0.00675. The van der Waals surface area contributed by atoms with Crippen molar-refractivity contribution in [2.45, 2.75) is 25.7 Å². The van der Waals surface area contributed by atoms with E-state index in [4.69, 9.17) is 0 Å². The van der Waals surface area contributed by atoms with Gasteiger partial charge in [-0.3, -0.25) is 0 Å². The summed E-state index contributed by atoms with van der Waals surface area (Å²) in [6.07, 6.45) is -1.47. The van der Waals surface area contributed by atoms with Gasteiger partial charge < -0.3 is 15.4 Å². The number of nitrogens with one attached hydrogen (secondary N) is 2. The lowest BCUT2D eigenvalue weighted by molar-refractivity contribution is -1.11. The summed E-state index contributed by atoms with van der Waals surface area (Å²) in [5.41, 5.74) is 0.557. The number of nitrogens with zero attached hydrogens (tertiary/aromatic N) is 4. The molecule has 2 aromatic rings. The summed E-state index contributed by atoms with van der Waals surface area (Å²) in [6, 6.07) is 7.86. The van der Waals surface area contributed by atoms with E-state index in [-0.39, 0.29) is 39.9 Å². The fraction of sp³-hybridized carbons (Fsp3) is 0.476. The highest BCUT2D eigenvalue weighted by Crippen LogP contribution is 2.36. The van der Waals surface area contributed by atoms with Crippen molar-refractivity contribution >= 4 is 11.8 Å². The van der Waals surface area contributed by atoms with E-state index in [1.807, 2.05) is 6.07 Å². The number of hydrogen-bond acceptors (Lipinski definition) is 7. The first kappa shape index (κ1) is 22.1. The number of ether oxygens (including phenoxy) is 1. The highest BCUT2D eigenvalue weighted by molar-refractivity contribution is 5.53. The van der Waals surface area contributed by atoms with Crippen molar-refractivity contribution in [1.82, 2.24) is 9.97 Å². The molecule has 3 fully saturated rings. The van der Waals surface area contributed by atoms with Crippen LogP contribution in [0.3, 0.4) is 0 Å². The first-order chi connectivity index (χ1) is 15.2. The van der Waals surface area contributed by atoms with Crippen molar-refractivity contribution < 1.29 is 27.8 Å².